The van der Waals surface area contributed by atoms with E-state index in [2.05, 4.69) is 11.7 Å². The first-order chi connectivity index (χ1) is 14.6. The Balaban J connectivity index is 1.37. The second-order valence-electron chi connectivity index (χ2n) is 10.3. The maximum Gasteiger partial charge on any atom is 0.465 e. The fourth-order valence-corrected chi connectivity index (χ4v) is 6.46. The van der Waals surface area contributed by atoms with Crippen LogP contribution in [0.5, 0.6) is 0 Å². The molecular weight excluding hydrogens is 415 g/mol. The zero-order valence-electron chi connectivity index (χ0n) is 18.6. The molecule has 180 valence electrons. The van der Waals surface area contributed by atoms with E-state index in [1.807, 2.05) is 0 Å². The molecule has 3 aliphatic rings. The number of carbonyl (C=O) groups is 1. The molecule has 2 nitrogen and oxygen atoms in total. The third kappa shape index (κ3) is 6.13. The van der Waals surface area contributed by atoms with Gasteiger partial charge < -0.3 is 4.74 Å². The highest BCUT2D eigenvalue weighted by Gasteiger charge is 2.65. The van der Waals surface area contributed by atoms with Crippen LogP contribution in [0.3, 0.4) is 0 Å². The molecule has 0 aliphatic heterocycles. The molecule has 0 aromatic carbocycles. The van der Waals surface area contributed by atoms with E-state index in [-0.39, 0.29) is 0 Å². The summed E-state index contributed by atoms with van der Waals surface area (Å²) in [6, 6.07) is 0. The van der Waals surface area contributed by atoms with Crippen LogP contribution in [0.15, 0.2) is 0 Å². The summed E-state index contributed by atoms with van der Waals surface area (Å²) >= 11 is 0. The van der Waals surface area contributed by atoms with Gasteiger partial charge in [-0.1, -0.05) is 32.6 Å². The Kier molecular flexibility index (Phi) is 8.28. The molecule has 0 aromatic heterocycles. The molecule has 31 heavy (non-hydrogen) atoms. The van der Waals surface area contributed by atoms with Crippen LogP contribution in [0.25, 0.3) is 0 Å². The molecule has 0 amide bonds. The molecule has 0 heterocycles. The van der Waals surface area contributed by atoms with E-state index in [1.54, 1.807) is 0 Å². The minimum Gasteiger partial charge on any atom is -0.458 e. The minimum atomic E-state index is -5.91. The van der Waals surface area contributed by atoms with Crippen molar-refractivity contribution in [1.82, 2.24) is 0 Å². The average Bonchev–Trinajstić information content (AvgIpc) is 2.74. The predicted octanol–water partition coefficient (Wildman–Crippen LogP) is 7.70. The van der Waals surface area contributed by atoms with E-state index in [0.717, 1.165) is 30.6 Å². The molecule has 0 atom stereocenters. The molecule has 0 aromatic rings. The summed E-state index contributed by atoms with van der Waals surface area (Å²) in [5.74, 6) is -4.17. The highest BCUT2D eigenvalue weighted by atomic mass is 19.4. The third-order valence-corrected chi connectivity index (χ3v) is 8.34. The third-order valence-electron chi connectivity index (χ3n) is 8.34. The van der Waals surface area contributed by atoms with Crippen molar-refractivity contribution in [1.29, 1.82) is 0 Å². The molecule has 0 N–H and O–H groups in total. The van der Waals surface area contributed by atoms with Gasteiger partial charge in [0.25, 0.3) is 0 Å². The van der Waals surface area contributed by atoms with Crippen molar-refractivity contribution in [3.8, 4) is 0 Å². The van der Waals surface area contributed by atoms with Gasteiger partial charge in [0, 0.05) is 0 Å². The molecule has 0 spiro atoms. The van der Waals surface area contributed by atoms with Crippen molar-refractivity contribution in [2.24, 2.45) is 29.6 Å². The zero-order chi connectivity index (χ0) is 22.6. The Morgan fingerprint density at radius 3 is 1.48 bits per heavy atom. The van der Waals surface area contributed by atoms with Gasteiger partial charge >= 0.3 is 18.1 Å². The molecule has 0 bridgehead atoms. The SMILES string of the molecule is CCCC1CCC(C2CCC(C3CCC(OC(=O)C(F)(F)C(F)(F)F)CC3)CC2)CC1. The lowest BCUT2D eigenvalue weighted by molar-refractivity contribution is -0.282. The van der Waals surface area contributed by atoms with Gasteiger partial charge in [-0.15, -0.1) is 0 Å². The van der Waals surface area contributed by atoms with E-state index in [1.165, 1.54) is 64.2 Å². The second kappa shape index (κ2) is 10.4. The molecule has 3 fully saturated rings. The van der Waals surface area contributed by atoms with Crippen LogP contribution in [0, 0.1) is 29.6 Å². The Hall–Kier alpha value is -0.880. The first kappa shape index (κ1) is 24.8. The molecule has 0 radical (unpaired) electrons. The Morgan fingerprint density at radius 1 is 0.710 bits per heavy atom. The van der Waals surface area contributed by atoms with E-state index in [0.29, 0.717) is 24.7 Å². The van der Waals surface area contributed by atoms with Gasteiger partial charge in [0.15, 0.2) is 0 Å². The van der Waals surface area contributed by atoms with Gasteiger partial charge in [0.2, 0.25) is 0 Å². The van der Waals surface area contributed by atoms with Crippen molar-refractivity contribution in [2.75, 3.05) is 0 Å². The van der Waals surface area contributed by atoms with E-state index in [4.69, 9.17) is 0 Å². The summed E-state index contributed by atoms with van der Waals surface area (Å²) in [7, 11) is 0. The lowest BCUT2D eigenvalue weighted by Crippen LogP contribution is -2.46. The maximum absolute atomic E-state index is 13.1. The molecule has 7 heteroatoms. The van der Waals surface area contributed by atoms with Crippen molar-refractivity contribution in [2.45, 2.75) is 115 Å². The van der Waals surface area contributed by atoms with E-state index < -0.39 is 24.2 Å². The quantitative estimate of drug-likeness (QED) is 0.305. The van der Waals surface area contributed by atoms with E-state index in [9.17, 15) is 26.7 Å². The second-order valence-corrected chi connectivity index (χ2v) is 10.3. The topological polar surface area (TPSA) is 26.3 Å². The lowest BCUT2D eigenvalue weighted by atomic mass is 9.65. The van der Waals surface area contributed by atoms with Crippen LogP contribution in [0.2, 0.25) is 0 Å². The largest absolute Gasteiger partial charge is 0.465 e. The average molecular weight is 453 g/mol. The minimum absolute atomic E-state index is 0.381. The molecule has 0 saturated heterocycles. The fourth-order valence-electron chi connectivity index (χ4n) is 6.46. The first-order valence-corrected chi connectivity index (χ1v) is 12.3. The number of halogens is 5. The van der Waals surface area contributed by atoms with Crippen LogP contribution in [-0.4, -0.2) is 24.2 Å². The van der Waals surface area contributed by atoms with Crippen molar-refractivity contribution in [3.63, 3.8) is 0 Å². The number of hydrogen-bond donors (Lipinski definition) is 0. The van der Waals surface area contributed by atoms with Crippen LogP contribution in [-0.2, 0) is 9.53 Å². The van der Waals surface area contributed by atoms with Crippen LogP contribution in [0.4, 0.5) is 22.0 Å². The number of hydrogen-bond acceptors (Lipinski definition) is 2. The lowest BCUT2D eigenvalue weighted by Gasteiger charge is -2.41. The predicted molar refractivity (Wildman–Crippen MR) is 109 cm³/mol. The highest BCUT2D eigenvalue weighted by Crippen LogP contribution is 2.46. The van der Waals surface area contributed by atoms with Crippen LogP contribution >= 0.6 is 0 Å². The summed E-state index contributed by atoms with van der Waals surface area (Å²) in [4.78, 5) is 11.3. The fraction of sp³-hybridized carbons (Fsp3) is 0.958. The summed E-state index contributed by atoms with van der Waals surface area (Å²) in [5, 5.41) is 0. The summed E-state index contributed by atoms with van der Waals surface area (Å²) in [5.41, 5.74) is 0. The molecule has 3 aliphatic carbocycles. The van der Waals surface area contributed by atoms with Crippen molar-refractivity contribution < 1.29 is 31.5 Å². The Morgan fingerprint density at radius 2 is 1.10 bits per heavy atom. The van der Waals surface area contributed by atoms with Gasteiger partial charge in [0.05, 0.1) is 0 Å². The number of ether oxygens (including phenoxy) is 1. The molecular formula is C24H37F5O2. The highest BCUT2D eigenvalue weighted by molar-refractivity contribution is 5.78. The van der Waals surface area contributed by atoms with Crippen LogP contribution in [0.1, 0.15) is 96.8 Å². The Labute approximate surface area is 182 Å². The van der Waals surface area contributed by atoms with Gasteiger partial charge in [-0.3, -0.25) is 0 Å². The maximum atomic E-state index is 13.1. The summed E-state index contributed by atoms with van der Waals surface area (Å²) < 4.78 is 67.7. The van der Waals surface area contributed by atoms with Gasteiger partial charge in [-0.25, -0.2) is 4.79 Å². The monoisotopic (exact) mass is 452 g/mol. The smallest absolute Gasteiger partial charge is 0.458 e. The molecule has 3 rings (SSSR count). The number of carbonyl (C=O) groups excluding carboxylic acids is 1. The first-order valence-electron chi connectivity index (χ1n) is 12.3. The molecule has 3 saturated carbocycles. The van der Waals surface area contributed by atoms with E-state index >= 15 is 0 Å². The van der Waals surface area contributed by atoms with Gasteiger partial charge in [0.1, 0.15) is 6.10 Å². The number of esters is 1. The van der Waals surface area contributed by atoms with Gasteiger partial charge in [-0.2, -0.15) is 22.0 Å². The number of rotatable bonds is 6. The van der Waals surface area contributed by atoms with Crippen LogP contribution < -0.4 is 0 Å². The van der Waals surface area contributed by atoms with Crippen molar-refractivity contribution in [3.05, 3.63) is 0 Å². The zero-order valence-corrected chi connectivity index (χ0v) is 18.6. The number of alkyl halides is 5. The summed E-state index contributed by atoms with van der Waals surface area (Å²) in [6.45, 7) is 2.27. The summed E-state index contributed by atoms with van der Waals surface area (Å²) in [6.07, 6.45) is 8.60. The molecule has 0 unspecified atom stereocenters. The standard InChI is InChI=1S/C24H37F5O2/c1-2-3-16-4-6-17(7-5-16)18-8-10-19(11-9-18)20-12-14-21(15-13-20)31-22(30)23(25,26)24(27,28)29/h16-21H,2-15H2,1H3. The Bertz CT molecular complexity index is 567. The normalized spacial score (nSPS) is 35.5. The van der Waals surface area contributed by atoms with Gasteiger partial charge in [-0.05, 0) is 93.8 Å². The van der Waals surface area contributed by atoms with Crippen molar-refractivity contribution >= 4 is 5.97 Å².